The SMILES string of the molecule is C=C(C)Oc1ccc(OC)cc1N. The van der Waals surface area contributed by atoms with Gasteiger partial charge in [0.25, 0.3) is 0 Å². The number of rotatable bonds is 3. The van der Waals surface area contributed by atoms with E-state index >= 15 is 0 Å². The van der Waals surface area contributed by atoms with Crippen LogP contribution in [-0.4, -0.2) is 7.11 Å². The van der Waals surface area contributed by atoms with Gasteiger partial charge in [0.2, 0.25) is 0 Å². The maximum absolute atomic E-state index is 5.70. The number of nitrogen functional groups attached to an aromatic ring is 1. The summed E-state index contributed by atoms with van der Waals surface area (Å²) in [4.78, 5) is 0. The highest BCUT2D eigenvalue weighted by molar-refractivity contribution is 5.56. The smallest absolute Gasteiger partial charge is 0.150 e. The Morgan fingerprint density at radius 3 is 2.62 bits per heavy atom. The van der Waals surface area contributed by atoms with E-state index in [-0.39, 0.29) is 0 Å². The molecule has 0 spiro atoms. The molecular weight excluding hydrogens is 166 g/mol. The highest BCUT2D eigenvalue weighted by Gasteiger charge is 2.01. The lowest BCUT2D eigenvalue weighted by Crippen LogP contribution is -1.95. The summed E-state index contributed by atoms with van der Waals surface area (Å²) in [6.07, 6.45) is 0. The van der Waals surface area contributed by atoms with Crippen LogP contribution in [0.2, 0.25) is 0 Å². The fraction of sp³-hybridized carbons (Fsp3) is 0.200. The van der Waals surface area contributed by atoms with E-state index < -0.39 is 0 Å². The van der Waals surface area contributed by atoms with Gasteiger partial charge in [-0.05, 0) is 19.1 Å². The molecule has 0 aliphatic heterocycles. The van der Waals surface area contributed by atoms with Crippen LogP contribution in [0, 0.1) is 0 Å². The van der Waals surface area contributed by atoms with Crippen LogP contribution in [0.3, 0.4) is 0 Å². The number of methoxy groups -OCH3 is 1. The van der Waals surface area contributed by atoms with Crippen LogP contribution in [0.5, 0.6) is 11.5 Å². The van der Waals surface area contributed by atoms with Crippen molar-refractivity contribution in [2.24, 2.45) is 0 Å². The van der Waals surface area contributed by atoms with Crippen LogP contribution in [0.25, 0.3) is 0 Å². The molecule has 3 heteroatoms. The van der Waals surface area contributed by atoms with Crippen molar-refractivity contribution >= 4 is 5.69 Å². The van der Waals surface area contributed by atoms with Gasteiger partial charge in [-0.1, -0.05) is 6.58 Å². The molecule has 2 N–H and O–H groups in total. The molecular formula is C10H13NO2. The van der Waals surface area contributed by atoms with E-state index in [1.807, 2.05) is 0 Å². The van der Waals surface area contributed by atoms with Crippen LogP contribution in [-0.2, 0) is 0 Å². The summed E-state index contributed by atoms with van der Waals surface area (Å²) in [6.45, 7) is 5.39. The molecule has 0 amide bonds. The lowest BCUT2D eigenvalue weighted by Gasteiger charge is -2.08. The van der Waals surface area contributed by atoms with E-state index in [1.54, 1.807) is 32.2 Å². The molecule has 0 unspecified atom stereocenters. The van der Waals surface area contributed by atoms with Crippen molar-refractivity contribution in [2.75, 3.05) is 12.8 Å². The van der Waals surface area contributed by atoms with Gasteiger partial charge in [-0.25, -0.2) is 0 Å². The Morgan fingerprint density at radius 1 is 1.46 bits per heavy atom. The molecule has 0 aliphatic carbocycles. The van der Waals surface area contributed by atoms with Gasteiger partial charge in [0.05, 0.1) is 18.6 Å². The standard InChI is InChI=1S/C10H13NO2/c1-7(2)13-10-5-4-8(12-3)6-9(10)11/h4-6H,1,11H2,2-3H3. The highest BCUT2D eigenvalue weighted by Crippen LogP contribution is 2.27. The number of allylic oxidation sites excluding steroid dienone is 1. The van der Waals surface area contributed by atoms with Crippen LogP contribution in [0.1, 0.15) is 6.92 Å². The van der Waals surface area contributed by atoms with Crippen molar-refractivity contribution < 1.29 is 9.47 Å². The van der Waals surface area contributed by atoms with E-state index in [9.17, 15) is 0 Å². The lowest BCUT2D eigenvalue weighted by atomic mass is 10.3. The predicted molar refractivity (Wildman–Crippen MR) is 52.8 cm³/mol. The molecule has 0 radical (unpaired) electrons. The number of benzene rings is 1. The molecule has 0 heterocycles. The topological polar surface area (TPSA) is 44.5 Å². The molecule has 0 saturated carbocycles. The molecule has 0 atom stereocenters. The van der Waals surface area contributed by atoms with Gasteiger partial charge in [0.15, 0.2) is 0 Å². The minimum atomic E-state index is 0.544. The third-order valence-electron chi connectivity index (χ3n) is 1.50. The van der Waals surface area contributed by atoms with E-state index in [4.69, 9.17) is 15.2 Å². The highest BCUT2D eigenvalue weighted by atomic mass is 16.5. The number of hydrogen-bond donors (Lipinski definition) is 1. The zero-order valence-corrected chi connectivity index (χ0v) is 7.83. The Morgan fingerprint density at radius 2 is 2.15 bits per heavy atom. The van der Waals surface area contributed by atoms with Crippen LogP contribution >= 0.6 is 0 Å². The Balaban J connectivity index is 2.91. The molecule has 0 bridgehead atoms. The van der Waals surface area contributed by atoms with E-state index in [1.165, 1.54) is 0 Å². The zero-order chi connectivity index (χ0) is 9.84. The van der Waals surface area contributed by atoms with Gasteiger partial charge < -0.3 is 15.2 Å². The van der Waals surface area contributed by atoms with Crippen LogP contribution in [0.4, 0.5) is 5.69 Å². The summed E-state index contributed by atoms with van der Waals surface area (Å²) in [5.74, 6) is 1.93. The fourth-order valence-electron chi connectivity index (χ4n) is 0.934. The first-order chi connectivity index (χ1) is 6.13. The molecule has 0 aliphatic rings. The van der Waals surface area contributed by atoms with Crippen molar-refractivity contribution in [2.45, 2.75) is 6.92 Å². The van der Waals surface area contributed by atoms with Crippen molar-refractivity contribution in [3.63, 3.8) is 0 Å². The maximum Gasteiger partial charge on any atom is 0.150 e. The maximum atomic E-state index is 5.70. The number of nitrogens with two attached hydrogens (primary N) is 1. The summed E-state index contributed by atoms with van der Waals surface area (Å²) in [5, 5.41) is 0. The molecule has 0 fully saturated rings. The van der Waals surface area contributed by atoms with E-state index in [2.05, 4.69) is 6.58 Å². The molecule has 70 valence electrons. The van der Waals surface area contributed by atoms with Gasteiger partial charge in [-0.15, -0.1) is 0 Å². The summed E-state index contributed by atoms with van der Waals surface area (Å²) < 4.78 is 10.3. The first-order valence-corrected chi connectivity index (χ1v) is 3.90. The summed E-state index contributed by atoms with van der Waals surface area (Å²) >= 11 is 0. The first-order valence-electron chi connectivity index (χ1n) is 3.90. The van der Waals surface area contributed by atoms with Crippen LogP contribution < -0.4 is 15.2 Å². The average Bonchev–Trinajstić information content (AvgIpc) is 2.08. The van der Waals surface area contributed by atoms with Crippen molar-refractivity contribution in [3.8, 4) is 11.5 Å². The Bertz CT molecular complexity index is 321. The normalized spacial score (nSPS) is 9.38. The van der Waals surface area contributed by atoms with Crippen molar-refractivity contribution in [1.29, 1.82) is 0 Å². The minimum Gasteiger partial charge on any atom is -0.497 e. The second-order valence-electron chi connectivity index (χ2n) is 2.71. The van der Waals surface area contributed by atoms with Crippen LogP contribution in [0.15, 0.2) is 30.5 Å². The fourth-order valence-corrected chi connectivity index (χ4v) is 0.934. The van der Waals surface area contributed by atoms with Gasteiger partial charge in [-0.3, -0.25) is 0 Å². The first kappa shape index (κ1) is 9.45. The summed E-state index contributed by atoms with van der Waals surface area (Å²) in [6, 6.07) is 5.25. The Hall–Kier alpha value is -1.64. The second kappa shape index (κ2) is 3.85. The molecule has 1 rings (SSSR count). The third-order valence-corrected chi connectivity index (χ3v) is 1.50. The van der Waals surface area contributed by atoms with Gasteiger partial charge in [0.1, 0.15) is 11.5 Å². The number of hydrogen-bond acceptors (Lipinski definition) is 3. The second-order valence-corrected chi connectivity index (χ2v) is 2.71. The van der Waals surface area contributed by atoms with Gasteiger partial charge in [0, 0.05) is 6.07 Å². The minimum absolute atomic E-state index is 0.544. The van der Waals surface area contributed by atoms with Crippen molar-refractivity contribution in [1.82, 2.24) is 0 Å². The molecule has 1 aromatic rings. The monoisotopic (exact) mass is 179 g/mol. The predicted octanol–water partition coefficient (Wildman–Crippen LogP) is 2.19. The summed E-state index contributed by atoms with van der Waals surface area (Å²) in [7, 11) is 1.59. The molecule has 3 nitrogen and oxygen atoms in total. The van der Waals surface area contributed by atoms with Crippen molar-refractivity contribution in [3.05, 3.63) is 30.5 Å². The molecule has 13 heavy (non-hydrogen) atoms. The Kier molecular flexibility index (Phi) is 2.80. The largest absolute Gasteiger partial charge is 0.497 e. The summed E-state index contributed by atoms with van der Waals surface area (Å²) in [5.41, 5.74) is 6.24. The quantitative estimate of drug-likeness (QED) is 0.571. The van der Waals surface area contributed by atoms with Gasteiger partial charge >= 0.3 is 0 Å². The van der Waals surface area contributed by atoms with E-state index in [0.29, 0.717) is 22.9 Å². The molecule has 0 aromatic heterocycles. The molecule has 0 saturated heterocycles. The van der Waals surface area contributed by atoms with E-state index in [0.717, 1.165) is 0 Å². The molecule has 1 aromatic carbocycles. The third kappa shape index (κ3) is 2.40. The lowest BCUT2D eigenvalue weighted by molar-refractivity contribution is 0.409. The number of ether oxygens (including phenoxy) is 2. The number of anilines is 1. The zero-order valence-electron chi connectivity index (χ0n) is 7.83. The van der Waals surface area contributed by atoms with Gasteiger partial charge in [-0.2, -0.15) is 0 Å². The average molecular weight is 179 g/mol. The Labute approximate surface area is 77.8 Å².